The van der Waals surface area contributed by atoms with E-state index in [9.17, 15) is 4.79 Å². The van der Waals surface area contributed by atoms with Crippen LogP contribution in [0, 0.1) is 0 Å². The third-order valence-electron chi connectivity index (χ3n) is 4.12. The first-order valence-electron chi connectivity index (χ1n) is 9.05. The number of halogens is 2. The highest BCUT2D eigenvalue weighted by Crippen LogP contribution is 2.20. The Balaban J connectivity index is 1.47. The van der Waals surface area contributed by atoms with Crippen LogP contribution in [0.1, 0.15) is 18.1 Å². The first-order chi connectivity index (χ1) is 14.0. The first kappa shape index (κ1) is 21.0. The molecular weight excluding hydrogens is 411 g/mol. The van der Waals surface area contributed by atoms with Crippen molar-refractivity contribution in [2.24, 2.45) is 0 Å². The molecule has 0 bridgehead atoms. The van der Waals surface area contributed by atoms with Crippen LogP contribution in [-0.2, 0) is 22.7 Å². The van der Waals surface area contributed by atoms with Gasteiger partial charge in [-0.1, -0.05) is 53.5 Å². The number of ether oxygens (including phenoxy) is 3. The highest BCUT2D eigenvalue weighted by atomic mass is 35.5. The topological polar surface area (TPSA) is 44.8 Å². The molecule has 0 amide bonds. The van der Waals surface area contributed by atoms with Crippen molar-refractivity contribution in [2.45, 2.75) is 26.2 Å². The summed E-state index contributed by atoms with van der Waals surface area (Å²) in [5.74, 6) is 0.854. The second-order valence-corrected chi connectivity index (χ2v) is 7.19. The Hall–Kier alpha value is -2.69. The van der Waals surface area contributed by atoms with Gasteiger partial charge in [-0.3, -0.25) is 0 Å². The van der Waals surface area contributed by atoms with Gasteiger partial charge in [-0.2, -0.15) is 0 Å². The number of carbonyl (C=O) groups is 1. The summed E-state index contributed by atoms with van der Waals surface area (Å²) >= 11 is 11.9. The normalized spacial score (nSPS) is 11.6. The van der Waals surface area contributed by atoms with E-state index in [1.54, 1.807) is 37.3 Å². The minimum atomic E-state index is -0.742. The predicted octanol–water partition coefficient (Wildman–Crippen LogP) is 6.08. The lowest BCUT2D eigenvalue weighted by molar-refractivity contribution is -0.152. The summed E-state index contributed by atoms with van der Waals surface area (Å²) in [6, 6.07) is 21.8. The maximum absolute atomic E-state index is 12.2. The van der Waals surface area contributed by atoms with Crippen LogP contribution < -0.4 is 9.47 Å². The van der Waals surface area contributed by atoms with Gasteiger partial charge in [0.2, 0.25) is 0 Å². The van der Waals surface area contributed by atoms with Crippen molar-refractivity contribution in [2.75, 3.05) is 0 Å². The Kier molecular flexibility index (Phi) is 7.39. The third kappa shape index (κ3) is 6.41. The number of esters is 1. The molecule has 29 heavy (non-hydrogen) atoms. The van der Waals surface area contributed by atoms with Crippen molar-refractivity contribution in [1.82, 2.24) is 0 Å². The summed E-state index contributed by atoms with van der Waals surface area (Å²) < 4.78 is 16.7. The molecule has 3 aromatic carbocycles. The summed E-state index contributed by atoms with van der Waals surface area (Å²) in [5, 5.41) is 1.23. The van der Waals surface area contributed by atoms with Gasteiger partial charge >= 0.3 is 5.97 Å². The van der Waals surface area contributed by atoms with Gasteiger partial charge in [-0.15, -0.1) is 0 Å². The fourth-order valence-electron chi connectivity index (χ4n) is 2.50. The standard InChI is InChI=1S/C23H20Cl2O4/c1-16(23(26)28-15-18-4-2-3-5-22(18)25)29-21-10-6-17(7-11-21)14-27-20-12-8-19(24)9-13-20/h2-13,16H,14-15H2,1H3. The van der Waals surface area contributed by atoms with Crippen molar-refractivity contribution < 1.29 is 19.0 Å². The molecule has 0 aliphatic carbocycles. The van der Waals surface area contributed by atoms with Gasteiger partial charge in [0.05, 0.1) is 0 Å². The average molecular weight is 431 g/mol. The van der Waals surface area contributed by atoms with Crippen molar-refractivity contribution in [3.05, 3.63) is 94.0 Å². The number of rotatable bonds is 8. The maximum atomic E-state index is 12.2. The fraction of sp³-hybridized carbons (Fsp3) is 0.174. The molecule has 0 aliphatic rings. The van der Waals surface area contributed by atoms with E-state index in [1.165, 1.54) is 0 Å². The Morgan fingerprint density at radius 2 is 1.52 bits per heavy atom. The molecule has 0 N–H and O–H groups in total. The van der Waals surface area contributed by atoms with Gasteiger partial charge in [0, 0.05) is 15.6 Å². The summed E-state index contributed by atoms with van der Waals surface area (Å²) in [6.07, 6.45) is -0.742. The van der Waals surface area contributed by atoms with Gasteiger partial charge in [0.1, 0.15) is 24.7 Å². The molecule has 0 heterocycles. The highest BCUT2D eigenvalue weighted by Gasteiger charge is 2.17. The molecule has 6 heteroatoms. The molecule has 0 saturated heterocycles. The molecule has 0 fully saturated rings. The molecule has 3 rings (SSSR count). The van der Waals surface area contributed by atoms with Crippen LogP contribution in [-0.4, -0.2) is 12.1 Å². The highest BCUT2D eigenvalue weighted by molar-refractivity contribution is 6.31. The summed E-state index contributed by atoms with van der Waals surface area (Å²) in [5.41, 5.74) is 1.72. The molecule has 4 nitrogen and oxygen atoms in total. The van der Waals surface area contributed by atoms with Gasteiger partial charge < -0.3 is 14.2 Å². The Morgan fingerprint density at radius 3 is 2.21 bits per heavy atom. The molecule has 3 aromatic rings. The van der Waals surface area contributed by atoms with Crippen molar-refractivity contribution >= 4 is 29.2 Å². The van der Waals surface area contributed by atoms with Gasteiger partial charge in [-0.05, 0) is 55.0 Å². The molecule has 0 saturated carbocycles. The van der Waals surface area contributed by atoms with Crippen molar-refractivity contribution in [3.8, 4) is 11.5 Å². The van der Waals surface area contributed by atoms with Crippen LogP contribution in [0.3, 0.4) is 0 Å². The molecule has 1 atom stereocenters. The fourth-order valence-corrected chi connectivity index (χ4v) is 2.81. The molecular formula is C23H20Cl2O4. The molecule has 0 radical (unpaired) electrons. The minimum absolute atomic E-state index is 0.104. The lowest BCUT2D eigenvalue weighted by Gasteiger charge is -2.15. The summed E-state index contributed by atoms with van der Waals surface area (Å²) in [7, 11) is 0. The van der Waals surface area contributed by atoms with Gasteiger partial charge in [0.15, 0.2) is 6.10 Å². The van der Waals surface area contributed by atoms with Crippen LogP contribution in [0.5, 0.6) is 11.5 Å². The van der Waals surface area contributed by atoms with E-state index in [-0.39, 0.29) is 6.61 Å². The number of benzene rings is 3. The maximum Gasteiger partial charge on any atom is 0.347 e. The Morgan fingerprint density at radius 1 is 0.862 bits per heavy atom. The Labute approximate surface area is 179 Å². The number of hydrogen-bond acceptors (Lipinski definition) is 4. The zero-order valence-electron chi connectivity index (χ0n) is 15.8. The van der Waals surface area contributed by atoms with Gasteiger partial charge in [-0.25, -0.2) is 4.79 Å². The van der Waals surface area contributed by atoms with Gasteiger partial charge in [0.25, 0.3) is 0 Å². The lowest BCUT2D eigenvalue weighted by atomic mass is 10.2. The SMILES string of the molecule is CC(Oc1ccc(COc2ccc(Cl)cc2)cc1)C(=O)OCc1ccccc1Cl. The Bertz CT molecular complexity index is 940. The van der Waals surface area contributed by atoms with Crippen molar-refractivity contribution in [1.29, 1.82) is 0 Å². The molecule has 0 aliphatic heterocycles. The number of hydrogen-bond donors (Lipinski definition) is 0. The summed E-state index contributed by atoms with van der Waals surface area (Å²) in [6.45, 7) is 2.16. The molecule has 0 aromatic heterocycles. The molecule has 0 spiro atoms. The van der Waals surface area contributed by atoms with E-state index < -0.39 is 12.1 Å². The van der Waals surface area contributed by atoms with Crippen molar-refractivity contribution in [3.63, 3.8) is 0 Å². The second kappa shape index (κ2) is 10.2. The second-order valence-electron chi connectivity index (χ2n) is 6.35. The smallest absolute Gasteiger partial charge is 0.347 e. The first-order valence-corrected chi connectivity index (χ1v) is 9.81. The predicted molar refractivity (Wildman–Crippen MR) is 114 cm³/mol. The number of carbonyl (C=O) groups excluding carboxylic acids is 1. The van der Waals surface area contributed by atoms with E-state index in [0.717, 1.165) is 16.9 Å². The monoisotopic (exact) mass is 430 g/mol. The quantitative estimate of drug-likeness (QED) is 0.406. The largest absolute Gasteiger partial charge is 0.489 e. The van der Waals surface area contributed by atoms with E-state index in [4.69, 9.17) is 37.4 Å². The van der Waals surface area contributed by atoms with Crippen LogP contribution in [0.4, 0.5) is 0 Å². The molecule has 150 valence electrons. The minimum Gasteiger partial charge on any atom is -0.489 e. The lowest BCUT2D eigenvalue weighted by Crippen LogP contribution is -2.26. The summed E-state index contributed by atoms with van der Waals surface area (Å²) in [4.78, 5) is 12.2. The van der Waals surface area contributed by atoms with Crippen LogP contribution in [0.15, 0.2) is 72.8 Å². The zero-order chi connectivity index (χ0) is 20.6. The van der Waals surface area contributed by atoms with E-state index in [1.807, 2.05) is 42.5 Å². The third-order valence-corrected chi connectivity index (χ3v) is 4.74. The van der Waals surface area contributed by atoms with Crippen LogP contribution in [0.2, 0.25) is 10.0 Å². The van der Waals surface area contributed by atoms with E-state index in [2.05, 4.69) is 0 Å². The van der Waals surface area contributed by atoms with E-state index in [0.29, 0.717) is 22.4 Å². The average Bonchev–Trinajstić information content (AvgIpc) is 2.73. The van der Waals surface area contributed by atoms with Crippen LogP contribution in [0.25, 0.3) is 0 Å². The van der Waals surface area contributed by atoms with E-state index >= 15 is 0 Å². The van der Waals surface area contributed by atoms with Crippen LogP contribution >= 0.6 is 23.2 Å². The molecule has 1 unspecified atom stereocenters. The zero-order valence-corrected chi connectivity index (χ0v) is 17.3.